The van der Waals surface area contributed by atoms with Gasteiger partial charge in [0.25, 0.3) is 5.91 Å². The fraction of sp³-hybridized carbons (Fsp3) is 0.308. The highest BCUT2D eigenvalue weighted by Crippen LogP contribution is 2.27. The molecule has 0 atom stereocenters. The molecule has 2 aromatic carbocycles. The number of likely N-dealkylation sites (N-methyl/N-ethyl adjacent to an activating group) is 1. The Morgan fingerprint density at radius 1 is 0.943 bits per heavy atom. The number of amides is 2. The third-order valence-corrected chi connectivity index (χ3v) is 5.56. The lowest BCUT2D eigenvalue weighted by molar-refractivity contribution is -0.130. The zero-order chi connectivity index (χ0) is 25.2. The molecule has 3 rings (SSSR count). The van der Waals surface area contributed by atoms with Gasteiger partial charge in [0, 0.05) is 45.5 Å². The minimum absolute atomic E-state index is 0.0958. The van der Waals surface area contributed by atoms with Gasteiger partial charge in [-0.05, 0) is 41.8 Å². The summed E-state index contributed by atoms with van der Waals surface area (Å²) in [7, 11) is 4.90. The molecule has 184 valence electrons. The highest BCUT2D eigenvalue weighted by atomic mass is 19.1. The first-order valence-corrected chi connectivity index (χ1v) is 11.2. The lowest BCUT2D eigenvalue weighted by Crippen LogP contribution is -2.36. The summed E-state index contributed by atoms with van der Waals surface area (Å²) < 4.78 is 23.9. The van der Waals surface area contributed by atoms with Crippen molar-refractivity contribution in [2.24, 2.45) is 0 Å². The van der Waals surface area contributed by atoms with Gasteiger partial charge in [-0.15, -0.1) is 0 Å². The second kappa shape index (κ2) is 12.5. The number of carbonyl (C=O) groups excluding carboxylic acids is 2. The molecule has 0 saturated carbocycles. The number of rotatable bonds is 11. The summed E-state index contributed by atoms with van der Waals surface area (Å²) in [5, 5.41) is 0. The van der Waals surface area contributed by atoms with Crippen LogP contribution in [0.25, 0.3) is 0 Å². The van der Waals surface area contributed by atoms with Gasteiger partial charge in [0.2, 0.25) is 5.91 Å². The van der Waals surface area contributed by atoms with E-state index in [0.29, 0.717) is 24.5 Å². The van der Waals surface area contributed by atoms with Crippen LogP contribution in [0.15, 0.2) is 61.1 Å². The van der Waals surface area contributed by atoms with Crippen LogP contribution in [0.5, 0.6) is 11.5 Å². The van der Waals surface area contributed by atoms with E-state index in [2.05, 4.69) is 9.97 Å². The van der Waals surface area contributed by atoms with Crippen molar-refractivity contribution in [3.05, 3.63) is 83.7 Å². The monoisotopic (exact) mass is 480 g/mol. The number of hydrogen-bond acceptors (Lipinski definition) is 6. The Balaban J connectivity index is 1.61. The molecule has 35 heavy (non-hydrogen) atoms. The van der Waals surface area contributed by atoms with Gasteiger partial charge in [-0.2, -0.15) is 0 Å². The zero-order valence-electron chi connectivity index (χ0n) is 20.1. The van der Waals surface area contributed by atoms with E-state index in [1.807, 2.05) is 18.2 Å². The number of carbonyl (C=O) groups is 2. The summed E-state index contributed by atoms with van der Waals surface area (Å²) in [6.07, 6.45) is 5.08. The molecule has 2 amide bonds. The van der Waals surface area contributed by atoms with E-state index in [0.717, 1.165) is 11.1 Å². The lowest BCUT2D eigenvalue weighted by atomic mass is 10.1. The normalized spacial score (nSPS) is 10.5. The minimum Gasteiger partial charge on any atom is -0.493 e. The molecule has 0 fully saturated rings. The average molecular weight is 481 g/mol. The predicted molar refractivity (Wildman–Crippen MR) is 129 cm³/mol. The maximum Gasteiger partial charge on any atom is 0.274 e. The van der Waals surface area contributed by atoms with Gasteiger partial charge in [0.05, 0.1) is 20.4 Å². The smallest absolute Gasteiger partial charge is 0.274 e. The van der Waals surface area contributed by atoms with E-state index < -0.39 is 0 Å². The summed E-state index contributed by atoms with van der Waals surface area (Å²) in [6, 6.07) is 11.6. The Hall–Kier alpha value is -4.01. The van der Waals surface area contributed by atoms with E-state index in [-0.39, 0.29) is 42.8 Å². The Bertz CT molecular complexity index is 1130. The summed E-state index contributed by atoms with van der Waals surface area (Å²) in [4.78, 5) is 37.0. The number of aromatic nitrogens is 2. The molecule has 1 aromatic heterocycles. The molecule has 0 aliphatic carbocycles. The van der Waals surface area contributed by atoms with Gasteiger partial charge in [0.15, 0.2) is 11.5 Å². The van der Waals surface area contributed by atoms with Crippen LogP contribution in [0, 0.1) is 5.82 Å². The van der Waals surface area contributed by atoms with Gasteiger partial charge >= 0.3 is 0 Å². The maximum atomic E-state index is 13.3. The van der Waals surface area contributed by atoms with Gasteiger partial charge in [-0.3, -0.25) is 14.6 Å². The molecule has 0 aliphatic heterocycles. The van der Waals surface area contributed by atoms with Crippen LogP contribution >= 0.6 is 0 Å². The van der Waals surface area contributed by atoms with Crippen LogP contribution in [-0.2, 0) is 17.8 Å². The standard InChI is InChI=1S/C26H29FN4O4/c1-30(14-10-19-6-9-23(34-2)24(16-19)35-3)25(32)11-15-31(18-20-4-7-21(27)8-5-20)26(33)22-17-28-12-13-29-22/h4-9,12-13,16-17H,10-11,14-15,18H2,1-3H3. The first-order valence-electron chi connectivity index (χ1n) is 11.2. The van der Waals surface area contributed by atoms with Crippen LogP contribution in [0.4, 0.5) is 4.39 Å². The van der Waals surface area contributed by atoms with E-state index in [1.165, 1.54) is 35.6 Å². The van der Waals surface area contributed by atoms with Crippen molar-refractivity contribution >= 4 is 11.8 Å². The molecular formula is C26H29FN4O4. The minimum atomic E-state index is -0.355. The number of hydrogen-bond donors (Lipinski definition) is 0. The molecule has 0 bridgehead atoms. The van der Waals surface area contributed by atoms with Crippen molar-refractivity contribution < 1.29 is 23.5 Å². The molecule has 0 spiro atoms. The quantitative estimate of drug-likeness (QED) is 0.418. The van der Waals surface area contributed by atoms with Gasteiger partial charge < -0.3 is 19.3 Å². The van der Waals surface area contributed by atoms with E-state index >= 15 is 0 Å². The van der Waals surface area contributed by atoms with Crippen molar-refractivity contribution in [1.29, 1.82) is 0 Å². The van der Waals surface area contributed by atoms with Crippen LogP contribution in [-0.4, -0.2) is 65.9 Å². The van der Waals surface area contributed by atoms with Crippen LogP contribution in [0.3, 0.4) is 0 Å². The first-order chi connectivity index (χ1) is 16.9. The molecule has 0 radical (unpaired) electrons. The molecule has 0 aliphatic rings. The van der Waals surface area contributed by atoms with Gasteiger partial charge in [-0.1, -0.05) is 18.2 Å². The number of benzene rings is 2. The summed E-state index contributed by atoms with van der Waals surface area (Å²) in [5.74, 6) is 0.490. The lowest BCUT2D eigenvalue weighted by Gasteiger charge is -2.24. The topological polar surface area (TPSA) is 84.9 Å². The Labute approximate surface area is 204 Å². The average Bonchev–Trinajstić information content (AvgIpc) is 2.90. The number of halogens is 1. The molecule has 3 aromatic rings. The van der Waals surface area contributed by atoms with Crippen molar-refractivity contribution in [3.63, 3.8) is 0 Å². The summed E-state index contributed by atoms with van der Waals surface area (Å²) in [6.45, 7) is 0.912. The Morgan fingerprint density at radius 2 is 1.66 bits per heavy atom. The van der Waals surface area contributed by atoms with Crippen molar-refractivity contribution in [1.82, 2.24) is 19.8 Å². The fourth-order valence-electron chi connectivity index (χ4n) is 3.51. The van der Waals surface area contributed by atoms with Crippen LogP contribution in [0.1, 0.15) is 28.0 Å². The second-order valence-electron chi connectivity index (χ2n) is 7.95. The second-order valence-corrected chi connectivity index (χ2v) is 7.95. The Morgan fingerprint density at radius 3 is 2.31 bits per heavy atom. The summed E-state index contributed by atoms with van der Waals surface area (Å²) >= 11 is 0. The highest BCUT2D eigenvalue weighted by Gasteiger charge is 2.20. The van der Waals surface area contributed by atoms with E-state index in [1.54, 1.807) is 38.3 Å². The predicted octanol–water partition coefficient (Wildman–Crippen LogP) is 3.37. The SMILES string of the molecule is COc1ccc(CCN(C)C(=O)CCN(Cc2ccc(F)cc2)C(=O)c2cnccn2)cc1OC. The molecule has 0 unspecified atom stereocenters. The van der Waals surface area contributed by atoms with E-state index in [4.69, 9.17) is 9.47 Å². The van der Waals surface area contributed by atoms with Gasteiger partial charge in [-0.25, -0.2) is 9.37 Å². The highest BCUT2D eigenvalue weighted by molar-refractivity contribution is 5.92. The molecular weight excluding hydrogens is 451 g/mol. The van der Waals surface area contributed by atoms with Crippen LogP contribution < -0.4 is 9.47 Å². The summed E-state index contributed by atoms with van der Waals surface area (Å²) in [5.41, 5.74) is 1.94. The van der Waals surface area contributed by atoms with E-state index in [9.17, 15) is 14.0 Å². The molecule has 1 heterocycles. The van der Waals surface area contributed by atoms with Gasteiger partial charge in [0.1, 0.15) is 11.5 Å². The van der Waals surface area contributed by atoms with Crippen molar-refractivity contribution in [3.8, 4) is 11.5 Å². The zero-order valence-corrected chi connectivity index (χ0v) is 20.1. The molecule has 0 N–H and O–H groups in total. The van der Waals surface area contributed by atoms with Crippen molar-refractivity contribution in [2.75, 3.05) is 34.4 Å². The molecule has 9 heteroatoms. The van der Waals surface area contributed by atoms with Crippen molar-refractivity contribution in [2.45, 2.75) is 19.4 Å². The third-order valence-electron chi connectivity index (χ3n) is 5.56. The largest absolute Gasteiger partial charge is 0.493 e. The Kier molecular flexibility index (Phi) is 9.11. The maximum absolute atomic E-state index is 13.3. The molecule has 8 nitrogen and oxygen atoms in total. The molecule has 0 saturated heterocycles. The first kappa shape index (κ1) is 25.6. The third kappa shape index (κ3) is 7.23. The number of ether oxygens (including phenoxy) is 2. The number of nitrogens with zero attached hydrogens (tertiary/aromatic N) is 4. The number of methoxy groups -OCH3 is 2. The fourth-order valence-corrected chi connectivity index (χ4v) is 3.51. The van der Waals surface area contributed by atoms with Crippen LogP contribution in [0.2, 0.25) is 0 Å².